The average Bonchev–Trinajstić information content (AvgIpc) is 3.04. The normalized spacial score (nSPS) is 11.8. The second kappa shape index (κ2) is 7.86. The SMILES string of the molecule is CC(NC(=O)c1cc(-c2ccccc2)nn1C)c1ccc(CC(=O)O)cc1. The molecule has 6 nitrogen and oxygen atoms in total. The molecule has 1 atom stereocenters. The van der Waals surface area contributed by atoms with Gasteiger partial charge in [0, 0.05) is 12.6 Å². The van der Waals surface area contributed by atoms with Crippen molar-refractivity contribution in [3.63, 3.8) is 0 Å². The zero-order valence-electron chi connectivity index (χ0n) is 15.2. The van der Waals surface area contributed by atoms with Crippen LogP contribution >= 0.6 is 0 Å². The van der Waals surface area contributed by atoms with Crippen molar-refractivity contribution < 1.29 is 14.7 Å². The first-order valence-electron chi connectivity index (χ1n) is 8.65. The van der Waals surface area contributed by atoms with E-state index in [9.17, 15) is 9.59 Å². The number of hydrogen-bond acceptors (Lipinski definition) is 3. The maximum atomic E-state index is 12.7. The third-order valence-electron chi connectivity index (χ3n) is 4.36. The summed E-state index contributed by atoms with van der Waals surface area (Å²) in [7, 11) is 1.74. The summed E-state index contributed by atoms with van der Waals surface area (Å²) < 4.78 is 1.57. The summed E-state index contributed by atoms with van der Waals surface area (Å²) in [6.07, 6.45) is -0.0156. The van der Waals surface area contributed by atoms with Crippen LogP contribution in [0.3, 0.4) is 0 Å². The van der Waals surface area contributed by atoms with Crippen LogP contribution in [-0.2, 0) is 18.3 Å². The number of aryl methyl sites for hydroxylation is 1. The van der Waals surface area contributed by atoms with Crippen molar-refractivity contribution in [2.75, 3.05) is 0 Å². The molecule has 3 rings (SSSR count). The Hall–Kier alpha value is -3.41. The number of rotatable bonds is 6. The van der Waals surface area contributed by atoms with Gasteiger partial charge in [-0.3, -0.25) is 14.3 Å². The standard InChI is InChI=1S/C21H21N3O3/c1-14(16-10-8-15(9-11-16)12-20(25)26)22-21(27)19-13-18(23-24(19)2)17-6-4-3-5-7-17/h3-11,13-14H,12H2,1-2H3,(H,22,27)(H,25,26). The number of nitrogens with zero attached hydrogens (tertiary/aromatic N) is 2. The minimum Gasteiger partial charge on any atom is -0.481 e. The lowest BCUT2D eigenvalue weighted by Gasteiger charge is -2.14. The number of carboxylic acids is 1. The van der Waals surface area contributed by atoms with Crippen LogP contribution in [0.25, 0.3) is 11.3 Å². The number of aromatic nitrogens is 2. The average molecular weight is 363 g/mol. The molecule has 0 fully saturated rings. The van der Waals surface area contributed by atoms with Gasteiger partial charge < -0.3 is 10.4 Å². The van der Waals surface area contributed by atoms with E-state index < -0.39 is 5.97 Å². The smallest absolute Gasteiger partial charge is 0.307 e. The monoisotopic (exact) mass is 363 g/mol. The molecule has 0 bridgehead atoms. The van der Waals surface area contributed by atoms with E-state index in [1.165, 1.54) is 0 Å². The largest absolute Gasteiger partial charge is 0.481 e. The fraction of sp³-hybridized carbons (Fsp3) is 0.190. The third kappa shape index (κ3) is 4.41. The Bertz CT molecular complexity index is 947. The van der Waals surface area contributed by atoms with Crippen molar-refractivity contribution in [2.45, 2.75) is 19.4 Å². The van der Waals surface area contributed by atoms with Crippen LogP contribution in [-0.4, -0.2) is 26.8 Å². The fourth-order valence-corrected chi connectivity index (χ4v) is 2.88. The topological polar surface area (TPSA) is 84.2 Å². The maximum absolute atomic E-state index is 12.7. The highest BCUT2D eigenvalue weighted by molar-refractivity contribution is 5.94. The van der Waals surface area contributed by atoms with E-state index in [4.69, 9.17) is 5.11 Å². The number of carbonyl (C=O) groups is 2. The molecule has 0 aliphatic rings. The molecule has 2 aromatic carbocycles. The summed E-state index contributed by atoms with van der Waals surface area (Å²) in [5.74, 6) is -1.08. The Morgan fingerprint density at radius 2 is 1.78 bits per heavy atom. The van der Waals surface area contributed by atoms with Gasteiger partial charge in [0.05, 0.1) is 18.2 Å². The number of hydrogen-bond donors (Lipinski definition) is 2. The molecule has 0 aliphatic heterocycles. The summed E-state index contributed by atoms with van der Waals surface area (Å²) >= 11 is 0. The second-order valence-corrected chi connectivity index (χ2v) is 6.41. The number of carboxylic acid groups (broad SMARTS) is 1. The molecular formula is C21H21N3O3. The van der Waals surface area contributed by atoms with E-state index in [-0.39, 0.29) is 18.4 Å². The van der Waals surface area contributed by atoms with Crippen LogP contribution in [0.1, 0.15) is 34.6 Å². The van der Waals surface area contributed by atoms with Crippen LogP contribution in [0.15, 0.2) is 60.7 Å². The second-order valence-electron chi connectivity index (χ2n) is 6.41. The molecule has 0 saturated heterocycles. The van der Waals surface area contributed by atoms with E-state index in [2.05, 4.69) is 10.4 Å². The maximum Gasteiger partial charge on any atom is 0.307 e. The number of carbonyl (C=O) groups excluding carboxylic acids is 1. The molecule has 3 aromatic rings. The lowest BCUT2D eigenvalue weighted by atomic mass is 10.0. The quantitative estimate of drug-likeness (QED) is 0.704. The first kappa shape index (κ1) is 18.4. The van der Waals surface area contributed by atoms with Crippen LogP contribution in [0.2, 0.25) is 0 Å². The first-order chi connectivity index (χ1) is 12.9. The van der Waals surface area contributed by atoms with Crippen molar-refractivity contribution in [3.8, 4) is 11.3 Å². The zero-order chi connectivity index (χ0) is 19.4. The third-order valence-corrected chi connectivity index (χ3v) is 4.36. The fourth-order valence-electron chi connectivity index (χ4n) is 2.88. The van der Waals surface area contributed by atoms with Crippen LogP contribution in [0, 0.1) is 0 Å². The summed E-state index contributed by atoms with van der Waals surface area (Å²) in [4.78, 5) is 23.4. The van der Waals surface area contributed by atoms with Gasteiger partial charge in [-0.2, -0.15) is 5.10 Å². The van der Waals surface area contributed by atoms with Gasteiger partial charge in [-0.15, -0.1) is 0 Å². The molecule has 1 heterocycles. The highest BCUT2D eigenvalue weighted by atomic mass is 16.4. The van der Waals surface area contributed by atoms with Crippen LogP contribution in [0.4, 0.5) is 0 Å². The number of nitrogens with one attached hydrogen (secondary N) is 1. The Kier molecular flexibility index (Phi) is 5.35. The summed E-state index contributed by atoms with van der Waals surface area (Å²) in [6, 6.07) is 18.5. The predicted octanol–water partition coefficient (Wildman–Crippen LogP) is 3.21. The van der Waals surface area contributed by atoms with Crippen LogP contribution in [0.5, 0.6) is 0 Å². The van der Waals surface area contributed by atoms with Gasteiger partial charge in [0.25, 0.3) is 5.91 Å². The Morgan fingerprint density at radius 3 is 2.41 bits per heavy atom. The highest BCUT2D eigenvalue weighted by Gasteiger charge is 2.17. The molecule has 1 amide bonds. The minimum absolute atomic E-state index is 0.0156. The molecule has 2 N–H and O–H groups in total. The van der Waals surface area contributed by atoms with Gasteiger partial charge in [0.2, 0.25) is 0 Å². The number of aliphatic carboxylic acids is 1. The van der Waals surface area contributed by atoms with Crippen molar-refractivity contribution in [3.05, 3.63) is 77.5 Å². The van der Waals surface area contributed by atoms with E-state index in [0.717, 1.165) is 22.4 Å². The molecule has 138 valence electrons. The van der Waals surface area contributed by atoms with Crippen molar-refractivity contribution >= 4 is 11.9 Å². The Labute approximate surface area is 157 Å². The Morgan fingerprint density at radius 1 is 1.11 bits per heavy atom. The van der Waals surface area contributed by atoms with E-state index in [0.29, 0.717) is 5.69 Å². The van der Waals surface area contributed by atoms with E-state index in [1.807, 2.05) is 49.4 Å². The summed E-state index contributed by atoms with van der Waals surface area (Å²) in [6.45, 7) is 1.89. The van der Waals surface area contributed by atoms with Crippen molar-refractivity contribution in [2.24, 2.45) is 7.05 Å². The predicted molar refractivity (Wildman–Crippen MR) is 102 cm³/mol. The Balaban J connectivity index is 1.71. The summed E-state index contributed by atoms with van der Waals surface area (Å²) in [5, 5.41) is 16.2. The van der Waals surface area contributed by atoms with E-state index >= 15 is 0 Å². The molecular weight excluding hydrogens is 342 g/mol. The van der Waals surface area contributed by atoms with Gasteiger partial charge in [-0.1, -0.05) is 54.6 Å². The molecule has 0 saturated carbocycles. The van der Waals surface area contributed by atoms with Gasteiger partial charge in [0.15, 0.2) is 0 Å². The number of amides is 1. The lowest BCUT2D eigenvalue weighted by Crippen LogP contribution is -2.28. The number of benzene rings is 2. The zero-order valence-corrected chi connectivity index (χ0v) is 15.2. The molecule has 0 aliphatic carbocycles. The minimum atomic E-state index is -0.866. The first-order valence-corrected chi connectivity index (χ1v) is 8.65. The lowest BCUT2D eigenvalue weighted by molar-refractivity contribution is -0.136. The molecule has 1 aromatic heterocycles. The molecule has 6 heteroatoms. The van der Waals surface area contributed by atoms with Gasteiger partial charge in [-0.05, 0) is 24.1 Å². The van der Waals surface area contributed by atoms with Crippen LogP contribution < -0.4 is 5.32 Å². The van der Waals surface area contributed by atoms with Gasteiger partial charge in [0.1, 0.15) is 5.69 Å². The van der Waals surface area contributed by atoms with Gasteiger partial charge >= 0.3 is 5.97 Å². The van der Waals surface area contributed by atoms with Gasteiger partial charge in [-0.25, -0.2) is 0 Å². The van der Waals surface area contributed by atoms with Crippen molar-refractivity contribution in [1.29, 1.82) is 0 Å². The molecule has 27 heavy (non-hydrogen) atoms. The summed E-state index contributed by atoms with van der Waals surface area (Å²) in [5.41, 5.74) is 3.80. The molecule has 0 spiro atoms. The molecule has 1 unspecified atom stereocenters. The highest BCUT2D eigenvalue weighted by Crippen LogP contribution is 2.19. The molecule has 0 radical (unpaired) electrons. The van der Waals surface area contributed by atoms with Crippen molar-refractivity contribution in [1.82, 2.24) is 15.1 Å². The van der Waals surface area contributed by atoms with E-state index in [1.54, 1.807) is 29.9 Å².